The lowest BCUT2D eigenvalue weighted by molar-refractivity contribution is -0.121. The lowest BCUT2D eigenvalue weighted by Crippen LogP contribution is -2.50. The van der Waals surface area contributed by atoms with E-state index in [1.807, 2.05) is 6.92 Å². The molecule has 1 fully saturated rings. The largest absolute Gasteiger partial charge is 0.355 e. The van der Waals surface area contributed by atoms with E-state index in [4.69, 9.17) is 0 Å². The van der Waals surface area contributed by atoms with Crippen molar-refractivity contribution in [2.75, 3.05) is 39.3 Å². The number of nitrogens with zero attached hydrogens (tertiary/aromatic N) is 2. The quantitative estimate of drug-likeness (QED) is 0.792. The molecule has 0 aliphatic carbocycles. The minimum Gasteiger partial charge on any atom is -0.355 e. The Labute approximate surface area is 142 Å². The van der Waals surface area contributed by atoms with Gasteiger partial charge in [-0.2, -0.15) is 4.31 Å². The highest BCUT2D eigenvalue weighted by Gasteiger charge is 2.28. The summed E-state index contributed by atoms with van der Waals surface area (Å²) in [7, 11) is -3.57. The van der Waals surface area contributed by atoms with Crippen LogP contribution < -0.4 is 5.32 Å². The molecule has 0 saturated carbocycles. The van der Waals surface area contributed by atoms with Crippen LogP contribution in [0.1, 0.15) is 19.8 Å². The lowest BCUT2D eigenvalue weighted by atomic mass is 10.3. The summed E-state index contributed by atoms with van der Waals surface area (Å²) in [5, 5.41) is 2.86. The lowest BCUT2D eigenvalue weighted by Gasteiger charge is -2.33. The number of hydrogen-bond acceptors (Lipinski definition) is 4. The van der Waals surface area contributed by atoms with Gasteiger partial charge in [-0.05, 0) is 30.7 Å². The van der Waals surface area contributed by atoms with Crippen LogP contribution in [0.15, 0.2) is 29.2 Å². The van der Waals surface area contributed by atoms with Gasteiger partial charge in [0, 0.05) is 45.7 Å². The van der Waals surface area contributed by atoms with Crippen LogP contribution in [0.2, 0.25) is 0 Å². The predicted octanol–water partition coefficient (Wildman–Crippen LogP) is 1.05. The maximum Gasteiger partial charge on any atom is 0.243 e. The summed E-state index contributed by atoms with van der Waals surface area (Å²) in [6.45, 7) is 5.25. The first-order chi connectivity index (χ1) is 11.4. The number of carbonyl (C=O) groups is 1. The molecular formula is C16H24FN3O3S. The average Bonchev–Trinajstić information content (AvgIpc) is 2.56. The Kier molecular flexibility index (Phi) is 6.70. The summed E-state index contributed by atoms with van der Waals surface area (Å²) in [4.78, 5) is 13.6. The van der Waals surface area contributed by atoms with Crippen molar-refractivity contribution < 1.29 is 17.6 Å². The first kappa shape index (κ1) is 18.8. The molecular weight excluding hydrogens is 333 g/mol. The Balaban J connectivity index is 1.81. The number of amides is 1. The molecule has 1 aliphatic rings. The number of hydrogen-bond donors (Lipinski definition) is 1. The third-order valence-corrected chi connectivity index (χ3v) is 5.92. The second-order valence-electron chi connectivity index (χ2n) is 5.80. The first-order valence-corrected chi connectivity index (χ1v) is 9.62. The second-order valence-corrected chi connectivity index (χ2v) is 7.74. The maximum atomic E-state index is 12.9. The fourth-order valence-corrected chi connectivity index (χ4v) is 4.04. The SMILES string of the molecule is CCCC(=O)NCCN1CCN(S(=O)(=O)c2ccc(F)cc2)CC1. The summed E-state index contributed by atoms with van der Waals surface area (Å²) >= 11 is 0. The number of carbonyl (C=O) groups excluding carboxylic acids is 1. The number of nitrogens with one attached hydrogen (secondary N) is 1. The van der Waals surface area contributed by atoms with Crippen LogP contribution in [-0.4, -0.2) is 62.8 Å². The molecule has 1 amide bonds. The Bertz CT molecular complexity index is 641. The van der Waals surface area contributed by atoms with E-state index in [-0.39, 0.29) is 10.8 Å². The average molecular weight is 357 g/mol. The minimum absolute atomic E-state index is 0.0509. The number of benzene rings is 1. The van der Waals surface area contributed by atoms with Crippen molar-refractivity contribution in [3.8, 4) is 0 Å². The van der Waals surface area contributed by atoms with Gasteiger partial charge in [-0.1, -0.05) is 6.92 Å². The molecule has 134 valence electrons. The topological polar surface area (TPSA) is 69.7 Å². The van der Waals surface area contributed by atoms with Gasteiger partial charge in [0.1, 0.15) is 5.82 Å². The van der Waals surface area contributed by atoms with Crippen molar-refractivity contribution in [1.82, 2.24) is 14.5 Å². The summed E-state index contributed by atoms with van der Waals surface area (Å²) in [5.74, 6) is -0.404. The van der Waals surface area contributed by atoms with Gasteiger partial charge < -0.3 is 5.32 Å². The fraction of sp³-hybridized carbons (Fsp3) is 0.562. The molecule has 0 radical (unpaired) electrons. The van der Waals surface area contributed by atoms with Crippen LogP contribution in [0.25, 0.3) is 0 Å². The van der Waals surface area contributed by atoms with Crippen LogP contribution in [0.3, 0.4) is 0 Å². The van der Waals surface area contributed by atoms with Crippen molar-refractivity contribution in [2.24, 2.45) is 0 Å². The van der Waals surface area contributed by atoms with Crippen LogP contribution >= 0.6 is 0 Å². The van der Waals surface area contributed by atoms with E-state index < -0.39 is 15.8 Å². The fourth-order valence-electron chi connectivity index (χ4n) is 2.62. The van der Waals surface area contributed by atoms with Crippen molar-refractivity contribution in [3.63, 3.8) is 0 Å². The molecule has 1 heterocycles. The van der Waals surface area contributed by atoms with E-state index >= 15 is 0 Å². The van der Waals surface area contributed by atoms with Gasteiger partial charge in [0.05, 0.1) is 4.90 Å². The van der Waals surface area contributed by atoms with Gasteiger partial charge in [0.25, 0.3) is 0 Å². The highest BCUT2D eigenvalue weighted by Crippen LogP contribution is 2.17. The zero-order chi connectivity index (χ0) is 17.6. The van der Waals surface area contributed by atoms with E-state index in [1.165, 1.54) is 16.4 Å². The smallest absolute Gasteiger partial charge is 0.243 e. The van der Waals surface area contributed by atoms with E-state index in [1.54, 1.807) is 0 Å². The Morgan fingerprint density at radius 1 is 1.17 bits per heavy atom. The molecule has 1 N–H and O–H groups in total. The van der Waals surface area contributed by atoms with Crippen LogP contribution in [-0.2, 0) is 14.8 Å². The third-order valence-electron chi connectivity index (χ3n) is 4.01. The van der Waals surface area contributed by atoms with Crippen molar-refractivity contribution in [1.29, 1.82) is 0 Å². The Morgan fingerprint density at radius 3 is 2.38 bits per heavy atom. The summed E-state index contributed by atoms with van der Waals surface area (Å²) in [5.41, 5.74) is 0. The number of halogens is 1. The molecule has 1 aliphatic heterocycles. The number of piperazine rings is 1. The molecule has 0 atom stereocenters. The monoisotopic (exact) mass is 357 g/mol. The van der Waals surface area contributed by atoms with E-state index in [9.17, 15) is 17.6 Å². The molecule has 0 unspecified atom stereocenters. The van der Waals surface area contributed by atoms with E-state index in [2.05, 4.69) is 10.2 Å². The molecule has 2 rings (SSSR count). The van der Waals surface area contributed by atoms with E-state index in [0.717, 1.165) is 18.6 Å². The first-order valence-electron chi connectivity index (χ1n) is 8.18. The normalized spacial score (nSPS) is 16.9. The molecule has 24 heavy (non-hydrogen) atoms. The summed E-state index contributed by atoms with van der Waals surface area (Å²) in [6.07, 6.45) is 1.36. The van der Waals surface area contributed by atoms with Crippen LogP contribution in [0.4, 0.5) is 4.39 Å². The van der Waals surface area contributed by atoms with Crippen LogP contribution in [0, 0.1) is 5.82 Å². The van der Waals surface area contributed by atoms with Gasteiger partial charge in [-0.15, -0.1) is 0 Å². The molecule has 0 spiro atoms. The Morgan fingerprint density at radius 2 is 1.79 bits per heavy atom. The predicted molar refractivity (Wildman–Crippen MR) is 89.5 cm³/mol. The van der Waals surface area contributed by atoms with Crippen molar-refractivity contribution in [3.05, 3.63) is 30.1 Å². The van der Waals surface area contributed by atoms with Crippen molar-refractivity contribution in [2.45, 2.75) is 24.7 Å². The number of sulfonamides is 1. The van der Waals surface area contributed by atoms with Gasteiger partial charge in [0.2, 0.25) is 15.9 Å². The minimum atomic E-state index is -3.57. The highest BCUT2D eigenvalue weighted by molar-refractivity contribution is 7.89. The second kappa shape index (κ2) is 8.55. The van der Waals surface area contributed by atoms with Gasteiger partial charge >= 0.3 is 0 Å². The molecule has 0 aromatic heterocycles. The standard InChI is InChI=1S/C16H24FN3O3S/c1-2-3-16(21)18-8-9-19-10-12-20(13-11-19)24(22,23)15-6-4-14(17)5-7-15/h4-7H,2-3,8-13H2,1H3,(H,18,21). The summed E-state index contributed by atoms with van der Waals surface area (Å²) < 4.78 is 39.4. The van der Waals surface area contributed by atoms with Crippen LogP contribution in [0.5, 0.6) is 0 Å². The zero-order valence-corrected chi connectivity index (χ0v) is 14.7. The van der Waals surface area contributed by atoms with Gasteiger partial charge in [0.15, 0.2) is 0 Å². The number of rotatable bonds is 7. The highest BCUT2D eigenvalue weighted by atomic mass is 32.2. The van der Waals surface area contributed by atoms with E-state index in [0.29, 0.717) is 45.7 Å². The summed E-state index contributed by atoms with van der Waals surface area (Å²) in [6, 6.07) is 4.89. The zero-order valence-electron chi connectivity index (χ0n) is 13.9. The van der Waals surface area contributed by atoms with Crippen molar-refractivity contribution >= 4 is 15.9 Å². The Hall–Kier alpha value is -1.51. The van der Waals surface area contributed by atoms with Gasteiger partial charge in [-0.3, -0.25) is 9.69 Å². The molecule has 0 bridgehead atoms. The molecule has 1 aromatic rings. The molecule has 1 aromatic carbocycles. The van der Waals surface area contributed by atoms with Gasteiger partial charge in [-0.25, -0.2) is 12.8 Å². The third kappa shape index (κ3) is 4.99. The molecule has 1 saturated heterocycles. The molecule has 8 heteroatoms. The maximum absolute atomic E-state index is 12.9. The molecule has 6 nitrogen and oxygen atoms in total.